The van der Waals surface area contributed by atoms with Gasteiger partial charge in [-0.3, -0.25) is 4.98 Å². The lowest BCUT2D eigenvalue weighted by Gasteiger charge is -2.04. The molecule has 3 aromatic heterocycles. The van der Waals surface area contributed by atoms with E-state index in [0.717, 1.165) is 40.1 Å². The van der Waals surface area contributed by atoms with Gasteiger partial charge in [0, 0.05) is 17.5 Å². The molecule has 0 spiro atoms. The van der Waals surface area contributed by atoms with Crippen molar-refractivity contribution in [3.8, 4) is 33.9 Å². The molecule has 0 saturated carbocycles. The Labute approximate surface area is 248 Å². The normalized spacial score (nSPS) is 10.1. The third kappa shape index (κ3) is 8.96. The maximum absolute atomic E-state index is 4.39. The molecule has 6 heteroatoms. The Morgan fingerprint density at radius 3 is 1.50 bits per heavy atom. The molecule has 0 atom stereocenters. The van der Waals surface area contributed by atoms with E-state index in [1.54, 1.807) is 6.20 Å². The van der Waals surface area contributed by atoms with Crippen molar-refractivity contribution in [2.24, 2.45) is 0 Å². The molecule has 3 aromatic carbocycles. The molecule has 3 heterocycles. The molecule has 0 N–H and O–H groups in total. The number of pyridine rings is 1. The molecule has 42 heavy (non-hydrogen) atoms. The van der Waals surface area contributed by atoms with Crippen molar-refractivity contribution >= 4 is 0 Å². The zero-order valence-electron chi connectivity index (χ0n) is 25.1. The minimum absolute atomic E-state index is 0.635. The summed E-state index contributed by atoms with van der Waals surface area (Å²) in [4.78, 5) is 25.4. The van der Waals surface area contributed by atoms with Crippen molar-refractivity contribution in [3.63, 3.8) is 0 Å². The van der Waals surface area contributed by atoms with Gasteiger partial charge in [0.1, 0.15) is 23.2 Å². The van der Waals surface area contributed by atoms with Crippen molar-refractivity contribution in [1.29, 1.82) is 0 Å². The predicted octanol–water partition coefficient (Wildman–Crippen LogP) is 8.28. The van der Waals surface area contributed by atoms with E-state index in [1.807, 2.05) is 76.2 Å². The number of rotatable bonds is 3. The van der Waals surface area contributed by atoms with E-state index in [2.05, 4.69) is 98.3 Å². The number of benzene rings is 3. The highest BCUT2D eigenvalue weighted by Crippen LogP contribution is 2.21. The number of hydrogen-bond donors (Lipinski definition) is 0. The molecule has 6 rings (SSSR count). The number of aromatic nitrogens is 6. The van der Waals surface area contributed by atoms with Gasteiger partial charge >= 0.3 is 0 Å². The van der Waals surface area contributed by atoms with E-state index < -0.39 is 0 Å². The molecule has 6 nitrogen and oxygen atoms in total. The van der Waals surface area contributed by atoms with Crippen molar-refractivity contribution in [1.82, 2.24) is 29.9 Å². The lowest BCUT2D eigenvalue weighted by Crippen LogP contribution is -1.99. The van der Waals surface area contributed by atoms with Crippen LogP contribution in [0.15, 0.2) is 109 Å². The maximum atomic E-state index is 4.39. The van der Waals surface area contributed by atoms with Gasteiger partial charge in [-0.2, -0.15) is 0 Å². The molecule has 0 unspecified atom stereocenters. The van der Waals surface area contributed by atoms with E-state index in [-0.39, 0.29) is 0 Å². The molecule has 0 amide bonds. The smallest absolute Gasteiger partial charge is 0.181 e. The van der Waals surface area contributed by atoms with E-state index >= 15 is 0 Å². The van der Waals surface area contributed by atoms with Gasteiger partial charge in [0.25, 0.3) is 0 Å². The summed E-state index contributed by atoms with van der Waals surface area (Å²) in [5.74, 6) is 2.90. The fourth-order valence-electron chi connectivity index (χ4n) is 4.47. The Morgan fingerprint density at radius 2 is 0.952 bits per heavy atom. The Bertz CT molecular complexity index is 1450. The second kappa shape index (κ2) is 14.5. The van der Waals surface area contributed by atoms with Crippen LogP contribution in [0.25, 0.3) is 33.9 Å². The Balaban J connectivity index is 0.000000145. The third-order valence-corrected chi connectivity index (χ3v) is 6.12. The Morgan fingerprint density at radius 1 is 0.405 bits per heavy atom. The van der Waals surface area contributed by atoms with Crippen LogP contribution in [0.3, 0.4) is 0 Å². The number of hydrogen-bond acceptors (Lipinski definition) is 6. The molecule has 0 aliphatic heterocycles. The summed E-state index contributed by atoms with van der Waals surface area (Å²) >= 11 is 0. The first-order chi connectivity index (χ1) is 20.3. The van der Waals surface area contributed by atoms with Gasteiger partial charge in [0.2, 0.25) is 0 Å². The van der Waals surface area contributed by atoms with Crippen LogP contribution < -0.4 is 0 Å². The molecule has 0 aliphatic carbocycles. The van der Waals surface area contributed by atoms with Crippen molar-refractivity contribution in [2.75, 3.05) is 0 Å². The summed E-state index contributed by atoms with van der Waals surface area (Å²) in [6.07, 6.45) is 1.73. The fraction of sp³-hybridized carbons (Fsp3) is 0.167. The number of aryl methyl sites for hydroxylation is 6. The topological polar surface area (TPSA) is 77.3 Å². The first kappa shape index (κ1) is 29.9. The molecule has 0 aliphatic rings. The van der Waals surface area contributed by atoms with Gasteiger partial charge in [-0.15, -0.1) is 0 Å². The second-order valence-corrected chi connectivity index (χ2v) is 10.0. The summed E-state index contributed by atoms with van der Waals surface area (Å²) in [5, 5.41) is 0. The quantitative estimate of drug-likeness (QED) is 0.220. The predicted molar refractivity (Wildman–Crippen MR) is 171 cm³/mol. The van der Waals surface area contributed by atoms with Gasteiger partial charge in [-0.1, -0.05) is 96.1 Å². The monoisotopic (exact) mass is 552 g/mol. The van der Waals surface area contributed by atoms with Crippen LogP contribution >= 0.6 is 0 Å². The van der Waals surface area contributed by atoms with Gasteiger partial charge in [-0.05, 0) is 70.9 Å². The molecule has 0 fully saturated rings. The largest absolute Gasteiger partial charge is 0.253 e. The second-order valence-electron chi connectivity index (χ2n) is 10.0. The van der Waals surface area contributed by atoms with Gasteiger partial charge in [0.05, 0.1) is 5.69 Å². The fourth-order valence-corrected chi connectivity index (χ4v) is 4.47. The van der Waals surface area contributed by atoms with E-state index in [1.165, 1.54) is 22.3 Å². The molecule has 0 saturated heterocycles. The zero-order valence-corrected chi connectivity index (χ0v) is 25.1. The first-order valence-electron chi connectivity index (χ1n) is 13.9. The minimum Gasteiger partial charge on any atom is -0.253 e. The zero-order chi connectivity index (χ0) is 29.9. The highest BCUT2D eigenvalue weighted by atomic mass is 15.0. The van der Waals surface area contributed by atoms with Crippen molar-refractivity contribution in [2.45, 2.75) is 41.5 Å². The third-order valence-electron chi connectivity index (χ3n) is 6.12. The SMILES string of the molecule is Cc1cc(-c2ccccc2)nc(C)n1.Cc1cc(C)cc(-c2ccccc2)c1.Cc1nc(C)nc(-c2ccccn2)n1. The van der Waals surface area contributed by atoms with Gasteiger partial charge in [0.15, 0.2) is 5.82 Å². The first-order valence-corrected chi connectivity index (χ1v) is 13.9. The maximum Gasteiger partial charge on any atom is 0.181 e. The van der Waals surface area contributed by atoms with Crippen LogP contribution in [0, 0.1) is 41.5 Å². The summed E-state index contributed by atoms with van der Waals surface area (Å²) in [6, 6.07) is 35.0. The number of nitrogens with zero attached hydrogens (tertiary/aromatic N) is 6. The van der Waals surface area contributed by atoms with Crippen LogP contribution in [0.2, 0.25) is 0 Å². The van der Waals surface area contributed by atoms with E-state index in [0.29, 0.717) is 5.82 Å². The van der Waals surface area contributed by atoms with Crippen LogP contribution in [0.1, 0.15) is 34.3 Å². The molecular formula is C36H36N6. The standard InChI is InChI=1S/C14H14.C12H12N2.C10H10N4/c1-11-8-12(2)10-14(9-11)13-6-4-3-5-7-13;1-9-8-12(14-10(2)13-9)11-6-4-3-5-7-11;1-7-12-8(2)14-10(13-7)9-5-3-4-6-11-9/h3-10H,1-2H3;3-8H,1-2H3;3-6H,1-2H3. The molecular weight excluding hydrogens is 516 g/mol. The van der Waals surface area contributed by atoms with Crippen molar-refractivity contribution < 1.29 is 0 Å². The van der Waals surface area contributed by atoms with Gasteiger partial charge < -0.3 is 0 Å². The van der Waals surface area contributed by atoms with Gasteiger partial charge in [-0.25, -0.2) is 24.9 Å². The molecule has 0 radical (unpaired) electrons. The summed E-state index contributed by atoms with van der Waals surface area (Å²) in [7, 11) is 0. The Hall–Kier alpha value is -5.10. The van der Waals surface area contributed by atoms with Crippen LogP contribution in [-0.4, -0.2) is 29.9 Å². The van der Waals surface area contributed by atoms with E-state index in [4.69, 9.17) is 0 Å². The Kier molecular flexibility index (Phi) is 10.3. The van der Waals surface area contributed by atoms with Crippen LogP contribution in [0.4, 0.5) is 0 Å². The lowest BCUT2D eigenvalue weighted by molar-refractivity contribution is 0.923. The summed E-state index contributed by atoms with van der Waals surface area (Å²) < 4.78 is 0. The van der Waals surface area contributed by atoms with E-state index in [9.17, 15) is 0 Å². The molecule has 6 aromatic rings. The molecule has 210 valence electrons. The minimum atomic E-state index is 0.635. The lowest BCUT2D eigenvalue weighted by atomic mass is 10.0. The average molecular weight is 553 g/mol. The molecule has 0 bridgehead atoms. The highest BCUT2D eigenvalue weighted by molar-refractivity contribution is 5.65. The van der Waals surface area contributed by atoms with Crippen molar-refractivity contribution in [3.05, 3.63) is 144 Å². The summed E-state index contributed by atoms with van der Waals surface area (Å²) in [6.45, 7) is 11.9. The van der Waals surface area contributed by atoms with Crippen LogP contribution in [-0.2, 0) is 0 Å². The summed E-state index contributed by atoms with van der Waals surface area (Å²) in [5.41, 5.74) is 9.17. The highest BCUT2D eigenvalue weighted by Gasteiger charge is 2.04. The van der Waals surface area contributed by atoms with Crippen LogP contribution in [0.5, 0.6) is 0 Å². The average Bonchev–Trinajstić information content (AvgIpc) is 2.98.